The number of carbonyl (C=O) groups is 2. The molecule has 0 fully saturated rings. The van der Waals surface area contributed by atoms with Crippen LogP contribution in [0.25, 0.3) is 0 Å². The van der Waals surface area contributed by atoms with Gasteiger partial charge in [0.1, 0.15) is 5.75 Å². The van der Waals surface area contributed by atoms with Gasteiger partial charge < -0.3 is 14.5 Å². The van der Waals surface area contributed by atoms with Crippen LogP contribution in [0.4, 0.5) is 5.69 Å². The molecular formula is C18H20N2O3S. The van der Waals surface area contributed by atoms with E-state index in [0.717, 1.165) is 11.3 Å². The number of thiophene rings is 1. The third kappa shape index (κ3) is 3.43. The number of rotatable bonds is 5. The van der Waals surface area contributed by atoms with Crippen molar-refractivity contribution in [2.75, 3.05) is 18.5 Å². The fourth-order valence-electron chi connectivity index (χ4n) is 2.73. The van der Waals surface area contributed by atoms with Crippen LogP contribution in [0.15, 0.2) is 41.1 Å². The Bertz CT molecular complexity index is 730. The fraction of sp³-hybridized carbons (Fsp3) is 0.333. The van der Waals surface area contributed by atoms with Crippen molar-refractivity contribution in [2.24, 2.45) is 0 Å². The Kier molecular flexibility index (Phi) is 4.85. The van der Waals surface area contributed by atoms with Crippen molar-refractivity contribution >= 4 is 28.8 Å². The molecule has 6 heteroatoms. The van der Waals surface area contributed by atoms with Gasteiger partial charge in [0.25, 0.3) is 5.91 Å². The number of benzene rings is 1. The van der Waals surface area contributed by atoms with Gasteiger partial charge in [0.15, 0.2) is 6.10 Å². The Labute approximate surface area is 145 Å². The van der Waals surface area contributed by atoms with Crippen molar-refractivity contribution in [1.82, 2.24) is 4.90 Å². The van der Waals surface area contributed by atoms with Crippen molar-refractivity contribution in [3.8, 4) is 5.75 Å². The quantitative estimate of drug-likeness (QED) is 0.838. The molecule has 0 aliphatic carbocycles. The van der Waals surface area contributed by atoms with Crippen molar-refractivity contribution in [1.29, 1.82) is 0 Å². The first-order chi connectivity index (χ1) is 11.6. The topological polar surface area (TPSA) is 49.9 Å². The highest BCUT2D eigenvalue weighted by molar-refractivity contribution is 7.07. The lowest BCUT2D eigenvalue weighted by Crippen LogP contribution is -2.45. The normalized spacial score (nSPS) is 16.5. The number of anilines is 1. The maximum absolute atomic E-state index is 12.4. The summed E-state index contributed by atoms with van der Waals surface area (Å²) in [6, 6.07) is 9.44. The second-order valence-corrected chi connectivity index (χ2v) is 6.63. The predicted molar refractivity (Wildman–Crippen MR) is 94.3 cm³/mol. The molecule has 0 saturated carbocycles. The number of amides is 2. The lowest BCUT2D eigenvalue weighted by atomic mass is 10.1. The molecule has 2 heterocycles. The molecule has 2 aromatic rings. The molecule has 1 aromatic heterocycles. The summed E-state index contributed by atoms with van der Waals surface area (Å²) in [4.78, 5) is 28.1. The Morgan fingerprint density at radius 3 is 2.88 bits per heavy atom. The van der Waals surface area contributed by atoms with Gasteiger partial charge in [-0.2, -0.15) is 11.3 Å². The zero-order valence-corrected chi connectivity index (χ0v) is 14.6. The molecule has 0 N–H and O–H groups in total. The van der Waals surface area contributed by atoms with Crippen LogP contribution in [0.3, 0.4) is 0 Å². The van der Waals surface area contributed by atoms with Gasteiger partial charge in [0, 0.05) is 26.6 Å². The number of hydrogen-bond donors (Lipinski definition) is 0. The van der Waals surface area contributed by atoms with Gasteiger partial charge in [-0.15, -0.1) is 0 Å². The Morgan fingerprint density at radius 1 is 1.33 bits per heavy atom. The molecule has 0 saturated heterocycles. The van der Waals surface area contributed by atoms with Gasteiger partial charge in [0.2, 0.25) is 5.91 Å². The minimum absolute atomic E-state index is 0.0191. The summed E-state index contributed by atoms with van der Waals surface area (Å²) in [7, 11) is 1.79. The molecular weight excluding hydrogens is 324 g/mol. The smallest absolute Gasteiger partial charge is 0.267 e. The highest BCUT2D eigenvalue weighted by Crippen LogP contribution is 2.33. The van der Waals surface area contributed by atoms with Crippen LogP contribution in [0.2, 0.25) is 0 Å². The fourth-order valence-corrected chi connectivity index (χ4v) is 3.39. The average Bonchev–Trinajstić information content (AvgIpc) is 3.08. The Morgan fingerprint density at radius 2 is 2.12 bits per heavy atom. The summed E-state index contributed by atoms with van der Waals surface area (Å²) in [5, 5.41) is 4.03. The van der Waals surface area contributed by atoms with Gasteiger partial charge in [-0.3, -0.25) is 9.59 Å². The summed E-state index contributed by atoms with van der Waals surface area (Å²) in [5.41, 5.74) is 1.85. The first-order valence-corrected chi connectivity index (χ1v) is 8.82. The van der Waals surface area contributed by atoms with Crippen LogP contribution in [-0.2, 0) is 16.1 Å². The number of para-hydroxylation sites is 2. The SMILES string of the molecule is C[C@@H]1Oc2ccccc2N(CCC(=O)N(C)Cc2ccsc2)C1=O. The number of nitrogens with zero attached hydrogens (tertiary/aromatic N) is 2. The molecule has 1 aromatic carbocycles. The van der Waals surface area contributed by atoms with Gasteiger partial charge >= 0.3 is 0 Å². The van der Waals surface area contributed by atoms with E-state index in [1.165, 1.54) is 0 Å². The number of carbonyl (C=O) groups excluding carboxylic acids is 2. The van der Waals surface area contributed by atoms with Crippen LogP contribution in [-0.4, -0.2) is 36.4 Å². The Balaban J connectivity index is 1.65. The van der Waals surface area contributed by atoms with Crippen LogP contribution in [0.1, 0.15) is 18.9 Å². The maximum atomic E-state index is 12.4. The highest BCUT2D eigenvalue weighted by atomic mass is 32.1. The average molecular weight is 344 g/mol. The highest BCUT2D eigenvalue weighted by Gasteiger charge is 2.31. The largest absolute Gasteiger partial charge is 0.479 e. The van der Waals surface area contributed by atoms with Crippen molar-refractivity contribution < 1.29 is 14.3 Å². The summed E-state index contributed by atoms with van der Waals surface area (Å²) in [6.45, 7) is 2.68. The van der Waals surface area contributed by atoms with Crippen molar-refractivity contribution in [3.63, 3.8) is 0 Å². The van der Waals surface area contributed by atoms with Crippen LogP contribution >= 0.6 is 11.3 Å². The van der Waals surface area contributed by atoms with Crippen molar-refractivity contribution in [3.05, 3.63) is 46.7 Å². The van der Waals surface area contributed by atoms with E-state index >= 15 is 0 Å². The standard InChI is InChI=1S/C18H20N2O3S/c1-13-18(22)20(15-5-3-4-6-16(15)23-13)9-7-17(21)19(2)11-14-8-10-24-12-14/h3-6,8,10,12-13H,7,9,11H2,1-2H3/t13-/m0/s1. The molecule has 0 radical (unpaired) electrons. The monoisotopic (exact) mass is 344 g/mol. The van der Waals surface area contributed by atoms with E-state index in [1.54, 1.807) is 35.1 Å². The molecule has 0 bridgehead atoms. The minimum Gasteiger partial charge on any atom is -0.479 e. The molecule has 24 heavy (non-hydrogen) atoms. The third-order valence-corrected chi connectivity index (χ3v) is 4.78. The molecule has 1 aliphatic heterocycles. The number of hydrogen-bond acceptors (Lipinski definition) is 4. The van der Waals surface area contributed by atoms with Gasteiger partial charge in [-0.1, -0.05) is 12.1 Å². The maximum Gasteiger partial charge on any atom is 0.267 e. The summed E-state index contributed by atoms with van der Waals surface area (Å²) in [6.07, 6.45) is -0.244. The molecule has 1 aliphatic rings. The van der Waals surface area contributed by atoms with E-state index in [2.05, 4.69) is 0 Å². The third-order valence-electron chi connectivity index (χ3n) is 4.05. The predicted octanol–water partition coefficient (Wildman–Crippen LogP) is 2.91. The molecule has 1 atom stereocenters. The lowest BCUT2D eigenvalue weighted by Gasteiger charge is -2.33. The molecule has 5 nitrogen and oxygen atoms in total. The lowest BCUT2D eigenvalue weighted by molar-refractivity contribution is -0.130. The summed E-state index contributed by atoms with van der Waals surface area (Å²) in [5.74, 6) is 0.594. The van der Waals surface area contributed by atoms with E-state index in [1.807, 2.05) is 41.1 Å². The zero-order valence-electron chi connectivity index (χ0n) is 13.8. The van der Waals surface area contributed by atoms with E-state index in [0.29, 0.717) is 18.8 Å². The second kappa shape index (κ2) is 7.05. The second-order valence-electron chi connectivity index (χ2n) is 5.85. The first kappa shape index (κ1) is 16.5. The minimum atomic E-state index is -0.529. The van der Waals surface area contributed by atoms with Gasteiger partial charge in [-0.25, -0.2) is 0 Å². The van der Waals surface area contributed by atoms with Crippen LogP contribution in [0.5, 0.6) is 5.75 Å². The molecule has 126 valence electrons. The van der Waals surface area contributed by atoms with Crippen molar-refractivity contribution in [2.45, 2.75) is 26.0 Å². The number of ether oxygens (including phenoxy) is 1. The molecule has 2 amide bonds. The van der Waals surface area contributed by atoms with Crippen LogP contribution < -0.4 is 9.64 Å². The van der Waals surface area contributed by atoms with Gasteiger partial charge in [0.05, 0.1) is 5.69 Å². The van der Waals surface area contributed by atoms with E-state index in [4.69, 9.17) is 4.74 Å². The molecule has 3 rings (SSSR count). The molecule has 0 spiro atoms. The zero-order chi connectivity index (χ0) is 17.1. The summed E-state index contributed by atoms with van der Waals surface area (Å²) < 4.78 is 5.61. The van der Waals surface area contributed by atoms with Crippen LogP contribution in [0, 0.1) is 0 Å². The van der Waals surface area contributed by atoms with E-state index < -0.39 is 6.10 Å². The molecule has 0 unspecified atom stereocenters. The first-order valence-electron chi connectivity index (χ1n) is 7.88. The van der Waals surface area contributed by atoms with E-state index in [-0.39, 0.29) is 18.2 Å². The number of fused-ring (bicyclic) bond motifs is 1. The Hall–Kier alpha value is -2.34. The summed E-state index contributed by atoms with van der Waals surface area (Å²) >= 11 is 1.62. The van der Waals surface area contributed by atoms with E-state index in [9.17, 15) is 9.59 Å². The van der Waals surface area contributed by atoms with Gasteiger partial charge in [-0.05, 0) is 41.4 Å².